The van der Waals surface area contributed by atoms with Gasteiger partial charge in [0.05, 0.1) is 6.61 Å². The van der Waals surface area contributed by atoms with E-state index in [0.717, 1.165) is 39.1 Å². The van der Waals surface area contributed by atoms with E-state index in [1.54, 1.807) is 6.07 Å². The van der Waals surface area contributed by atoms with Gasteiger partial charge >= 0.3 is 0 Å². The Kier molecular flexibility index (Phi) is 5.49. The van der Waals surface area contributed by atoms with Crippen LogP contribution < -0.4 is 4.74 Å². The summed E-state index contributed by atoms with van der Waals surface area (Å²) in [7, 11) is 2.13. The summed E-state index contributed by atoms with van der Waals surface area (Å²) in [5, 5.41) is 0. The molecule has 4 nitrogen and oxygen atoms in total. The van der Waals surface area contributed by atoms with Crippen LogP contribution in [0.1, 0.15) is 16.8 Å². The number of likely N-dealkylation sites (N-methyl/N-ethyl adjacent to an activating group) is 1. The summed E-state index contributed by atoms with van der Waals surface area (Å²) in [6.07, 6.45) is 1.50. The predicted octanol–water partition coefficient (Wildman–Crippen LogP) is 1.65. The molecule has 1 aromatic carbocycles. The number of halogens is 1. The smallest absolute Gasteiger partial charge is 0.165 e. The summed E-state index contributed by atoms with van der Waals surface area (Å²) in [4.78, 5) is 15.2. The van der Waals surface area contributed by atoms with Gasteiger partial charge in [0.2, 0.25) is 0 Å². The lowest BCUT2D eigenvalue weighted by Gasteiger charge is -2.32. The third-order valence-corrected chi connectivity index (χ3v) is 3.56. The van der Waals surface area contributed by atoms with Crippen LogP contribution in [0.4, 0.5) is 4.39 Å². The van der Waals surface area contributed by atoms with Gasteiger partial charge in [0.25, 0.3) is 0 Å². The molecule has 1 aliphatic heterocycles. The van der Waals surface area contributed by atoms with Crippen molar-refractivity contribution in [1.29, 1.82) is 0 Å². The first-order valence-corrected chi connectivity index (χ1v) is 6.97. The van der Waals surface area contributed by atoms with E-state index in [0.29, 0.717) is 18.5 Å². The van der Waals surface area contributed by atoms with Crippen molar-refractivity contribution in [2.75, 3.05) is 46.4 Å². The molecular formula is C15H21FN2O2. The summed E-state index contributed by atoms with van der Waals surface area (Å²) < 4.78 is 19.0. The van der Waals surface area contributed by atoms with Crippen molar-refractivity contribution in [3.63, 3.8) is 0 Å². The Balaban J connectivity index is 1.69. The lowest BCUT2D eigenvalue weighted by atomic mass is 10.2. The molecular weight excluding hydrogens is 259 g/mol. The molecule has 0 atom stereocenters. The van der Waals surface area contributed by atoms with Crippen LogP contribution >= 0.6 is 0 Å². The van der Waals surface area contributed by atoms with Crippen LogP contribution in [-0.4, -0.2) is 62.5 Å². The van der Waals surface area contributed by atoms with Crippen LogP contribution in [0.3, 0.4) is 0 Å². The molecule has 0 N–H and O–H groups in total. The molecule has 1 fully saturated rings. The highest BCUT2D eigenvalue weighted by atomic mass is 19.1. The van der Waals surface area contributed by atoms with Crippen LogP contribution in [0, 0.1) is 5.82 Å². The van der Waals surface area contributed by atoms with Gasteiger partial charge in [-0.1, -0.05) is 0 Å². The van der Waals surface area contributed by atoms with Gasteiger partial charge in [0, 0.05) is 38.3 Å². The third kappa shape index (κ3) is 4.28. The molecule has 0 bridgehead atoms. The van der Waals surface area contributed by atoms with Gasteiger partial charge in [0.1, 0.15) is 6.29 Å². The SMILES string of the molecule is CN1CCN(CCCOc2ccc(C=O)cc2F)CC1. The molecule has 0 aliphatic carbocycles. The molecule has 0 aromatic heterocycles. The van der Waals surface area contributed by atoms with E-state index in [2.05, 4.69) is 16.8 Å². The Labute approximate surface area is 119 Å². The fraction of sp³-hybridized carbons (Fsp3) is 0.533. The minimum absolute atomic E-state index is 0.217. The minimum Gasteiger partial charge on any atom is -0.490 e. The van der Waals surface area contributed by atoms with Crippen LogP contribution in [0.25, 0.3) is 0 Å². The molecule has 1 heterocycles. The molecule has 0 amide bonds. The van der Waals surface area contributed by atoms with E-state index in [-0.39, 0.29) is 5.75 Å². The van der Waals surface area contributed by atoms with Gasteiger partial charge in [-0.3, -0.25) is 4.79 Å². The van der Waals surface area contributed by atoms with Gasteiger partial charge in [-0.15, -0.1) is 0 Å². The molecule has 0 unspecified atom stereocenters. The van der Waals surface area contributed by atoms with Crippen molar-refractivity contribution in [2.24, 2.45) is 0 Å². The highest BCUT2D eigenvalue weighted by molar-refractivity contribution is 5.74. The Hall–Kier alpha value is -1.46. The third-order valence-electron chi connectivity index (χ3n) is 3.56. The second-order valence-corrected chi connectivity index (χ2v) is 5.15. The second kappa shape index (κ2) is 7.36. The van der Waals surface area contributed by atoms with Crippen LogP contribution in [-0.2, 0) is 0 Å². The van der Waals surface area contributed by atoms with Gasteiger partial charge in [0.15, 0.2) is 11.6 Å². The topological polar surface area (TPSA) is 32.8 Å². The van der Waals surface area contributed by atoms with E-state index < -0.39 is 5.82 Å². The number of rotatable bonds is 6. The van der Waals surface area contributed by atoms with Gasteiger partial charge in [-0.2, -0.15) is 0 Å². The standard InChI is InChI=1S/C15H21FN2O2/c1-17-6-8-18(9-7-17)5-2-10-20-15-4-3-13(12-19)11-14(15)16/h3-4,11-12H,2,5-10H2,1H3. The number of piperazine rings is 1. The quantitative estimate of drug-likeness (QED) is 0.586. The fourth-order valence-electron chi connectivity index (χ4n) is 2.25. The Morgan fingerprint density at radius 2 is 2.05 bits per heavy atom. The van der Waals surface area contributed by atoms with Crippen molar-refractivity contribution in [2.45, 2.75) is 6.42 Å². The highest BCUT2D eigenvalue weighted by Crippen LogP contribution is 2.17. The van der Waals surface area contributed by atoms with E-state index in [1.807, 2.05) is 0 Å². The molecule has 20 heavy (non-hydrogen) atoms. The maximum Gasteiger partial charge on any atom is 0.165 e. The molecule has 2 rings (SSSR count). The lowest BCUT2D eigenvalue weighted by Crippen LogP contribution is -2.44. The van der Waals surface area contributed by atoms with E-state index in [9.17, 15) is 9.18 Å². The highest BCUT2D eigenvalue weighted by Gasteiger charge is 2.13. The van der Waals surface area contributed by atoms with Crippen LogP contribution in [0.15, 0.2) is 18.2 Å². The van der Waals surface area contributed by atoms with Crippen molar-refractivity contribution >= 4 is 6.29 Å². The number of benzene rings is 1. The number of carbonyl (C=O) groups excluding carboxylic acids is 1. The normalized spacial score (nSPS) is 17.1. The molecule has 1 aliphatic rings. The Morgan fingerprint density at radius 3 is 2.70 bits per heavy atom. The second-order valence-electron chi connectivity index (χ2n) is 5.15. The summed E-state index contributed by atoms with van der Waals surface area (Å²) in [6.45, 7) is 5.83. The first kappa shape index (κ1) is 14.9. The van der Waals surface area contributed by atoms with Gasteiger partial charge in [-0.05, 0) is 31.7 Å². The summed E-state index contributed by atoms with van der Waals surface area (Å²) in [5.41, 5.74) is 0.326. The van der Waals surface area contributed by atoms with E-state index in [4.69, 9.17) is 4.74 Å². The number of carbonyl (C=O) groups is 1. The summed E-state index contributed by atoms with van der Waals surface area (Å²) >= 11 is 0. The van der Waals surface area contributed by atoms with E-state index >= 15 is 0 Å². The number of ether oxygens (including phenoxy) is 1. The molecule has 1 aromatic rings. The summed E-state index contributed by atoms with van der Waals surface area (Å²) in [5.74, 6) is -0.261. The zero-order chi connectivity index (χ0) is 14.4. The first-order chi connectivity index (χ1) is 9.69. The first-order valence-electron chi connectivity index (χ1n) is 6.97. The molecule has 0 radical (unpaired) electrons. The van der Waals surface area contributed by atoms with Crippen molar-refractivity contribution in [3.8, 4) is 5.75 Å². The van der Waals surface area contributed by atoms with E-state index in [1.165, 1.54) is 12.1 Å². The average molecular weight is 280 g/mol. The maximum absolute atomic E-state index is 13.6. The van der Waals surface area contributed by atoms with Crippen LogP contribution in [0.2, 0.25) is 0 Å². The molecule has 0 spiro atoms. The van der Waals surface area contributed by atoms with Gasteiger partial charge in [-0.25, -0.2) is 4.39 Å². The molecule has 1 saturated heterocycles. The molecule has 5 heteroatoms. The maximum atomic E-state index is 13.6. The molecule has 110 valence electrons. The average Bonchev–Trinajstić information content (AvgIpc) is 2.46. The van der Waals surface area contributed by atoms with Crippen LogP contribution in [0.5, 0.6) is 5.75 Å². The van der Waals surface area contributed by atoms with Crippen molar-refractivity contribution in [3.05, 3.63) is 29.6 Å². The zero-order valence-corrected chi connectivity index (χ0v) is 11.8. The number of hydrogen-bond donors (Lipinski definition) is 0. The number of hydrogen-bond acceptors (Lipinski definition) is 4. The monoisotopic (exact) mass is 280 g/mol. The lowest BCUT2D eigenvalue weighted by molar-refractivity contribution is 0.112. The Morgan fingerprint density at radius 1 is 1.30 bits per heavy atom. The summed E-state index contributed by atoms with van der Waals surface area (Å²) in [6, 6.07) is 4.27. The number of aldehydes is 1. The zero-order valence-electron chi connectivity index (χ0n) is 11.8. The minimum atomic E-state index is -0.478. The van der Waals surface area contributed by atoms with Crippen molar-refractivity contribution in [1.82, 2.24) is 9.80 Å². The largest absolute Gasteiger partial charge is 0.490 e. The predicted molar refractivity (Wildman–Crippen MR) is 75.8 cm³/mol. The van der Waals surface area contributed by atoms with Crippen molar-refractivity contribution < 1.29 is 13.9 Å². The molecule has 0 saturated carbocycles. The fourth-order valence-corrected chi connectivity index (χ4v) is 2.25. The number of nitrogens with zero attached hydrogens (tertiary/aromatic N) is 2. The Bertz CT molecular complexity index is 445. The van der Waals surface area contributed by atoms with Gasteiger partial charge < -0.3 is 14.5 Å².